The predicted molar refractivity (Wildman–Crippen MR) is 105 cm³/mol. The number of pyridine rings is 1. The second-order valence-corrected chi connectivity index (χ2v) is 6.65. The lowest BCUT2D eigenvalue weighted by molar-refractivity contribution is 0.0695. The van der Waals surface area contributed by atoms with Crippen LogP contribution >= 0.6 is 23.2 Å². The van der Waals surface area contributed by atoms with E-state index < -0.39 is 11.4 Å². The third-order valence-electron chi connectivity index (χ3n) is 4.09. The van der Waals surface area contributed by atoms with Gasteiger partial charge in [0.15, 0.2) is 0 Å². The fourth-order valence-corrected chi connectivity index (χ4v) is 3.09. The van der Waals surface area contributed by atoms with E-state index in [9.17, 15) is 14.7 Å². The number of carboxylic acid groups (broad SMARTS) is 1. The van der Waals surface area contributed by atoms with Gasteiger partial charge in [0.2, 0.25) is 11.3 Å². The summed E-state index contributed by atoms with van der Waals surface area (Å²) in [6, 6.07) is 7.36. The third-order valence-corrected chi connectivity index (χ3v) is 4.83. The highest BCUT2D eigenvalue weighted by Gasteiger charge is 2.23. The van der Waals surface area contributed by atoms with Gasteiger partial charge in [-0.3, -0.25) is 4.79 Å². The zero-order valence-corrected chi connectivity index (χ0v) is 16.5. The molecule has 3 rings (SSSR count). The maximum atomic E-state index is 12.6. The highest BCUT2D eigenvalue weighted by Crippen LogP contribution is 2.33. The molecule has 0 spiro atoms. The summed E-state index contributed by atoms with van der Waals surface area (Å²) in [5.74, 6) is -0.432. The summed E-state index contributed by atoms with van der Waals surface area (Å²) in [7, 11) is 0. The normalized spacial score (nSPS) is 10.9. The molecule has 0 fully saturated rings. The first-order valence-electron chi connectivity index (χ1n) is 8.45. The van der Waals surface area contributed by atoms with E-state index in [-0.39, 0.29) is 28.0 Å². The second kappa shape index (κ2) is 8.08. The van der Waals surface area contributed by atoms with E-state index in [1.807, 2.05) is 6.92 Å². The number of aryl methyl sites for hydroxylation is 1. The molecule has 2 heterocycles. The molecule has 7 nitrogen and oxygen atoms in total. The van der Waals surface area contributed by atoms with E-state index in [4.69, 9.17) is 32.5 Å². The molecule has 0 radical (unpaired) electrons. The summed E-state index contributed by atoms with van der Waals surface area (Å²) in [5.41, 5.74) is -0.504. The molecule has 1 N–H and O–H groups in total. The Morgan fingerprint density at radius 1 is 1.21 bits per heavy atom. The van der Waals surface area contributed by atoms with Crippen molar-refractivity contribution < 1.29 is 19.2 Å². The number of nitrogens with zero attached hydrogens (tertiary/aromatic N) is 2. The van der Waals surface area contributed by atoms with Gasteiger partial charge in [0.05, 0.1) is 15.7 Å². The van der Waals surface area contributed by atoms with Crippen molar-refractivity contribution in [3.63, 3.8) is 0 Å². The highest BCUT2D eigenvalue weighted by molar-refractivity contribution is 6.42. The monoisotopic (exact) mass is 422 g/mol. The van der Waals surface area contributed by atoms with Gasteiger partial charge >= 0.3 is 5.97 Å². The van der Waals surface area contributed by atoms with E-state index in [2.05, 4.69) is 5.16 Å². The van der Waals surface area contributed by atoms with E-state index in [0.717, 1.165) is 6.07 Å². The number of hydrogen-bond acceptors (Lipinski definition) is 5. The zero-order valence-electron chi connectivity index (χ0n) is 15.0. The zero-order chi connectivity index (χ0) is 20.4. The molecule has 0 aliphatic rings. The Balaban J connectivity index is 2.25. The number of rotatable bonds is 6. The number of halogens is 2. The molecule has 9 heteroatoms. The van der Waals surface area contributed by atoms with E-state index in [1.54, 1.807) is 23.6 Å². The highest BCUT2D eigenvalue weighted by atomic mass is 35.5. The average molecular weight is 423 g/mol. The third kappa shape index (κ3) is 3.76. The first-order chi connectivity index (χ1) is 13.3. The molecular formula is C19H16Cl2N2O5. The van der Waals surface area contributed by atoms with Crippen molar-refractivity contribution in [2.24, 2.45) is 0 Å². The quantitative estimate of drug-likeness (QED) is 0.607. The summed E-state index contributed by atoms with van der Waals surface area (Å²) in [6.45, 7) is 4.02. The number of hydrogen-bond donors (Lipinski definition) is 1. The molecule has 0 bridgehead atoms. The largest absolute Gasteiger partial charge is 0.477 e. The van der Waals surface area contributed by atoms with Gasteiger partial charge in [0, 0.05) is 30.7 Å². The molecule has 0 amide bonds. The lowest BCUT2D eigenvalue weighted by atomic mass is 10.0. The van der Waals surface area contributed by atoms with Gasteiger partial charge in [-0.15, -0.1) is 0 Å². The van der Waals surface area contributed by atoms with Crippen LogP contribution in [0.15, 0.2) is 39.6 Å². The molecular weight excluding hydrogens is 407 g/mol. The van der Waals surface area contributed by atoms with Gasteiger partial charge in [-0.2, -0.15) is 0 Å². The molecule has 3 aromatic rings. The Morgan fingerprint density at radius 2 is 1.96 bits per heavy atom. The molecule has 0 unspecified atom stereocenters. The van der Waals surface area contributed by atoms with Gasteiger partial charge in [0.1, 0.15) is 11.3 Å². The Labute approximate surface area is 170 Å². The van der Waals surface area contributed by atoms with Crippen molar-refractivity contribution in [1.29, 1.82) is 0 Å². The predicted octanol–water partition coefficient (Wildman–Crippen LogP) is 4.88. The standard InChI is InChI=1S/C19H16Cl2N2O5/c1-3-11-8-15(22-28-11)27-16-9-14(24)17(19(25)26)18(23(16)4-2)10-5-6-12(20)13(21)7-10/h5-9H,3-4H2,1-2H3,(H,25,26). The maximum Gasteiger partial charge on any atom is 0.341 e. The number of aromatic nitrogens is 2. The van der Waals surface area contributed by atoms with E-state index in [1.165, 1.54) is 12.1 Å². The lowest BCUT2D eigenvalue weighted by Crippen LogP contribution is -2.21. The molecule has 28 heavy (non-hydrogen) atoms. The second-order valence-electron chi connectivity index (χ2n) is 5.84. The van der Waals surface area contributed by atoms with Crippen LogP contribution in [0.25, 0.3) is 11.3 Å². The van der Waals surface area contributed by atoms with Crippen LogP contribution in [0.1, 0.15) is 30.0 Å². The molecule has 1 aromatic carbocycles. The SMILES string of the molecule is CCc1cc(Oc2cc(=O)c(C(=O)O)c(-c3ccc(Cl)c(Cl)c3)n2CC)no1. The number of carbonyl (C=O) groups is 1. The van der Waals surface area contributed by atoms with Crippen LogP contribution in [0.4, 0.5) is 0 Å². The minimum absolute atomic E-state index is 0.134. The fourth-order valence-electron chi connectivity index (χ4n) is 2.79. The van der Waals surface area contributed by atoms with Crippen LogP contribution in [-0.2, 0) is 13.0 Å². The number of benzene rings is 1. The van der Waals surface area contributed by atoms with Gasteiger partial charge in [-0.05, 0) is 24.2 Å². The van der Waals surface area contributed by atoms with Gasteiger partial charge in [0.25, 0.3) is 5.88 Å². The summed E-state index contributed by atoms with van der Waals surface area (Å²) in [6.07, 6.45) is 0.628. The first-order valence-corrected chi connectivity index (χ1v) is 9.21. The van der Waals surface area contributed by atoms with Crippen molar-refractivity contribution in [3.05, 3.63) is 61.9 Å². The molecule has 0 atom stereocenters. The molecule has 0 aliphatic heterocycles. The molecule has 0 aliphatic carbocycles. The van der Waals surface area contributed by atoms with Crippen LogP contribution in [0, 0.1) is 0 Å². The van der Waals surface area contributed by atoms with Gasteiger partial charge in [-0.25, -0.2) is 4.79 Å². The van der Waals surface area contributed by atoms with Crippen molar-refractivity contribution in [2.45, 2.75) is 26.8 Å². The van der Waals surface area contributed by atoms with Gasteiger partial charge in [-0.1, -0.05) is 36.2 Å². The number of ether oxygens (including phenoxy) is 1. The molecule has 0 saturated heterocycles. The van der Waals surface area contributed by atoms with Crippen molar-refractivity contribution in [3.8, 4) is 23.0 Å². The van der Waals surface area contributed by atoms with Crippen molar-refractivity contribution in [1.82, 2.24) is 9.72 Å². The first kappa shape index (κ1) is 20.0. The van der Waals surface area contributed by atoms with E-state index in [0.29, 0.717) is 29.3 Å². The van der Waals surface area contributed by atoms with Crippen molar-refractivity contribution >= 4 is 29.2 Å². The van der Waals surface area contributed by atoms with Crippen LogP contribution in [-0.4, -0.2) is 20.8 Å². The summed E-state index contributed by atoms with van der Waals surface area (Å²) in [4.78, 5) is 24.4. The Morgan fingerprint density at radius 3 is 2.54 bits per heavy atom. The lowest BCUT2D eigenvalue weighted by Gasteiger charge is -2.19. The minimum atomic E-state index is -1.35. The summed E-state index contributed by atoms with van der Waals surface area (Å²) >= 11 is 12.1. The van der Waals surface area contributed by atoms with Gasteiger partial charge < -0.3 is 18.9 Å². The van der Waals surface area contributed by atoms with Crippen LogP contribution < -0.4 is 10.2 Å². The van der Waals surface area contributed by atoms with Crippen molar-refractivity contribution in [2.75, 3.05) is 0 Å². The van der Waals surface area contributed by atoms with E-state index >= 15 is 0 Å². The average Bonchev–Trinajstić information content (AvgIpc) is 3.10. The minimum Gasteiger partial charge on any atom is -0.477 e. The smallest absolute Gasteiger partial charge is 0.341 e. The van der Waals surface area contributed by atoms with Crippen LogP contribution in [0.3, 0.4) is 0 Å². The van der Waals surface area contributed by atoms with Crippen LogP contribution in [0.5, 0.6) is 11.8 Å². The molecule has 0 saturated carbocycles. The Bertz CT molecular complexity index is 1100. The summed E-state index contributed by atoms with van der Waals surface area (Å²) < 4.78 is 12.4. The van der Waals surface area contributed by atoms with Crippen LogP contribution in [0.2, 0.25) is 10.0 Å². The Kier molecular flexibility index (Phi) is 5.76. The summed E-state index contributed by atoms with van der Waals surface area (Å²) in [5, 5.41) is 14.0. The number of aromatic carboxylic acids is 1. The topological polar surface area (TPSA) is 94.6 Å². The molecule has 2 aromatic heterocycles. The number of carboxylic acids is 1. The molecule has 146 valence electrons. The maximum absolute atomic E-state index is 12.6. The fraction of sp³-hybridized carbons (Fsp3) is 0.211. The Hall–Kier alpha value is -2.77.